The summed E-state index contributed by atoms with van der Waals surface area (Å²) in [6, 6.07) is 7.80. The van der Waals surface area contributed by atoms with Crippen LogP contribution in [0, 0.1) is 5.82 Å². The van der Waals surface area contributed by atoms with Crippen LogP contribution >= 0.6 is 39.3 Å². The molecule has 1 aromatic heterocycles. The molecule has 106 valence electrons. The molecule has 0 radical (unpaired) electrons. The number of hydrogen-bond donors (Lipinski definition) is 1. The van der Waals surface area contributed by atoms with Gasteiger partial charge in [0.25, 0.3) is 5.91 Å². The van der Waals surface area contributed by atoms with Gasteiger partial charge in [-0.1, -0.05) is 17.7 Å². The van der Waals surface area contributed by atoms with E-state index in [-0.39, 0.29) is 10.0 Å². The van der Waals surface area contributed by atoms with Gasteiger partial charge in [-0.15, -0.1) is 0 Å². The largest absolute Gasteiger partial charge is 0.319 e. The summed E-state index contributed by atoms with van der Waals surface area (Å²) >= 11 is 10.1. The SMILES string of the molecule is O=C(Nc1c(Cl)ccc2nsnc12)c1cccc(Br)c1F. The van der Waals surface area contributed by atoms with E-state index in [1.165, 1.54) is 12.1 Å². The second-order valence-electron chi connectivity index (χ2n) is 4.11. The molecule has 1 amide bonds. The number of carbonyl (C=O) groups is 1. The first-order valence-corrected chi connectivity index (χ1v) is 7.64. The van der Waals surface area contributed by atoms with E-state index in [1.807, 2.05) is 0 Å². The Hall–Kier alpha value is -1.57. The van der Waals surface area contributed by atoms with Crippen LogP contribution in [-0.2, 0) is 0 Å². The van der Waals surface area contributed by atoms with Crippen LogP contribution < -0.4 is 5.32 Å². The molecule has 1 N–H and O–H groups in total. The topological polar surface area (TPSA) is 54.9 Å². The molecule has 0 unspecified atom stereocenters. The lowest BCUT2D eigenvalue weighted by Crippen LogP contribution is -2.14. The zero-order valence-corrected chi connectivity index (χ0v) is 13.4. The van der Waals surface area contributed by atoms with Gasteiger partial charge >= 0.3 is 0 Å². The number of aromatic nitrogens is 2. The lowest BCUT2D eigenvalue weighted by Gasteiger charge is -2.08. The Morgan fingerprint density at radius 3 is 2.90 bits per heavy atom. The van der Waals surface area contributed by atoms with Crippen molar-refractivity contribution in [1.29, 1.82) is 0 Å². The number of benzene rings is 2. The van der Waals surface area contributed by atoms with Crippen molar-refractivity contribution in [1.82, 2.24) is 8.75 Å². The predicted octanol–water partition coefficient (Wildman–Crippen LogP) is 4.50. The Morgan fingerprint density at radius 2 is 2.10 bits per heavy atom. The van der Waals surface area contributed by atoms with Crippen LogP contribution in [-0.4, -0.2) is 14.7 Å². The number of halogens is 3. The van der Waals surface area contributed by atoms with Crippen LogP contribution in [0.25, 0.3) is 11.0 Å². The van der Waals surface area contributed by atoms with E-state index >= 15 is 0 Å². The van der Waals surface area contributed by atoms with Gasteiger partial charge in [-0.2, -0.15) is 8.75 Å². The van der Waals surface area contributed by atoms with Gasteiger partial charge in [0.15, 0.2) is 0 Å². The number of nitrogens with one attached hydrogen (secondary N) is 1. The van der Waals surface area contributed by atoms with Crippen LogP contribution in [0.3, 0.4) is 0 Å². The van der Waals surface area contributed by atoms with Crippen LogP contribution in [0.1, 0.15) is 10.4 Å². The maximum Gasteiger partial charge on any atom is 0.258 e. The number of fused-ring (bicyclic) bond motifs is 1. The van der Waals surface area contributed by atoms with Gasteiger partial charge in [0.05, 0.1) is 32.5 Å². The van der Waals surface area contributed by atoms with Crippen molar-refractivity contribution in [3.05, 3.63) is 51.2 Å². The predicted molar refractivity (Wildman–Crippen MR) is 84.5 cm³/mol. The van der Waals surface area contributed by atoms with Gasteiger partial charge in [0, 0.05) is 0 Å². The molecule has 0 aliphatic rings. The van der Waals surface area contributed by atoms with Gasteiger partial charge < -0.3 is 5.32 Å². The number of hydrogen-bond acceptors (Lipinski definition) is 4. The summed E-state index contributed by atoms with van der Waals surface area (Å²) in [5, 5.41) is 2.91. The molecule has 2 aromatic carbocycles. The van der Waals surface area contributed by atoms with Crippen molar-refractivity contribution in [3.8, 4) is 0 Å². The molecule has 4 nitrogen and oxygen atoms in total. The Kier molecular flexibility index (Phi) is 3.88. The van der Waals surface area contributed by atoms with Crippen molar-refractivity contribution in [2.24, 2.45) is 0 Å². The number of rotatable bonds is 2. The van der Waals surface area contributed by atoms with E-state index in [4.69, 9.17) is 11.6 Å². The maximum atomic E-state index is 13.9. The molecule has 0 bridgehead atoms. The first-order chi connectivity index (χ1) is 10.1. The molecular weight excluding hydrogens is 381 g/mol. The van der Waals surface area contributed by atoms with E-state index in [0.29, 0.717) is 21.7 Å². The monoisotopic (exact) mass is 385 g/mol. The first kappa shape index (κ1) is 14.4. The number of anilines is 1. The smallest absolute Gasteiger partial charge is 0.258 e. The highest BCUT2D eigenvalue weighted by Crippen LogP contribution is 2.30. The molecule has 0 spiro atoms. The Bertz CT molecular complexity index is 855. The molecule has 0 saturated carbocycles. The molecule has 0 aliphatic heterocycles. The Balaban J connectivity index is 2.02. The van der Waals surface area contributed by atoms with Gasteiger partial charge in [-0.3, -0.25) is 4.79 Å². The van der Waals surface area contributed by atoms with Crippen LogP contribution in [0.4, 0.5) is 10.1 Å². The average molecular weight is 387 g/mol. The highest BCUT2D eigenvalue weighted by atomic mass is 79.9. The highest BCUT2D eigenvalue weighted by molar-refractivity contribution is 9.10. The first-order valence-electron chi connectivity index (χ1n) is 5.74. The van der Waals surface area contributed by atoms with E-state index in [1.54, 1.807) is 18.2 Å². The van der Waals surface area contributed by atoms with Crippen LogP contribution in [0.2, 0.25) is 5.02 Å². The van der Waals surface area contributed by atoms with Crippen LogP contribution in [0.5, 0.6) is 0 Å². The lowest BCUT2D eigenvalue weighted by molar-refractivity contribution is 0.102. The minimum atomic E-state index is -0.630. The van der Waals surface area contributed by atoms with Gasteiger partial charge in [-0.05, 0) is 40.2 Å². The molecule has 3 rings (SSSR count). The summed E-state index contributed by atoms with van der Waals surface area (Å²) < 4.78 is 22.3. The Labute approximate surface area is 136 Å². The van der Waals surface area contributed by atoms with Gasteiger partial charge in [0.1, 0.15) is 16.9 Å². The quantitative estimate of drug-likeness (QED) is 0.705. The van der Waals surface area contributed by atoms with E-state index < -0.39 is 11.7 Å². The van der Waals surface area contributed by atoms with Crippen molar-refractivity contribution >= 4 is 61.9 Å². The molecule has 3 aromatic rings. The average Bonchev–Trinajstić information content (AvgIpc) is 2.93. The molecule has 21 heavy (non-hydrogen) atoms. The third-order valence-corrected chi connectivity index (χ3v) is 4.28. The number of amides is 1. The fourth-order valence-corrected chi connectivity index (χ4v) is 2.91. The van der Waals surface area contributed by atoms with Crippen molar-refractivity contribution in [3.63, 3.8) is 0 Å². The fourth-order valence-electron chi connectivity index (χ4n) is 1.81. The summed E-state index contributed by atoms with van der Waals surface area (Å²) in [5.41, 5.74) is 1.35. The molecule has 0 aliphatic carbocycles. The van der Waals surface area contributed by atoms with Crippen molar-refractivity contribution in [2.45, 2.75) is 0 Å². The molecule has 8 heteroatoms. The lowest BCUT2D eigenvalue weighted by atomic mass is 10.2. The highest BCUT2D eigenvalue weighted by Gasteiger charge is 2.17. The minimum Gasteiger partial charge on any atom is -0.319 e. The van der Waals surface area contributed by atoms with E-state index in [9.17, 15) is 9.18 Å². The van der Waals surface area contributed by atoms with Crippen molar-refractivity contribution in [2.75, 3.05) is 5.32 Å². The summed E-state index contributed by atoms with van der Waals surface area (Å²) in [4.78, 5) is 12.2. The third-order valence-electron chi connectivity index (χ3n) is 2.81. The normalized spacial score (nSPS) is 10.8. The summed E-state index contributed by atoms with van der Waals surface area (Å²) in [6.45, 7) is 0. The summed E-state index contributed by atoms with van der Waals surface area (Å²) in [5.74, 6) is -1.23. The summed E-state index contributed by atoms with van der Waals surface area (Å²) in [7, 11) is 0. The summed E-state index contributed by atoms with van der Waals surface area (Å²) in [6.07, 6.45) is 0. The fraction of sp³-hybridized carbons (Fsp3) is 0. The third kappa shape index (κ3) is 2.64. The molecule has 0 atom stereocenters. The zero-order valence-electron chi connectivity index (χ0n) is 10.2. The van der Waals surface area contributed by atoms with Gasteiger partial charge in [-0.25, -0.2) is 4.39 Å². The molecule has 0 saturated heterocycles. The number of carbonyl (C=O) groups excluding carboxylic acids is 1. The molecule has 1 heterocycles. The van der Waals surface area contributed by atoms with Crippen LogP contribution in [0.15, 0.2) is 34.8 Å². The van der Waals surface area contributed by atoms with E-state index in [2.05, 4.69) is 30.0 Å². The van der Waals surface area contributed by atoms with Gasteiger partial charge in [0.2, 0.25) is 0 Å². The standard InChI is InChI=1S/C13H6BrClFN3OS/c14-7-3-1-2-6(10(7)16)13(20)17-11-8(15)4-5-9-12(11)19-21-18-9/h1-5H,(H,17,20). The molecule has 0 fully saturated rings. The van der Waals surface area contributed by atoms with Crippen molar-refractivity contribution < 1.29 is 9.18 Å². The minimum absolute atomic E-state index is 0.0827. The van der Waals surface area contributed by atoms with E-state index in [0.717, 1.165) is 11.7 Å². The number of nitrogens with zero attached hydrogens (tertiary/aromatic N) is 2. The second kappa shape index (κ2) is 5.67. The zero-order chi connectivity index (χ0) is 15.0. The molecular formula is C13H6BrClFN3OS. The maximum absolute atomic E-state index is 13.9. The second-order valence-corrected chi connectivity index (χ2v) is 5.90. The Morgan fingerprint density at radius 1 is 1.29 bits per heavy atom.